The second kappa shape index (κ2) is 10.3. The molecule has 0 saturated heterocycles. The van der Waals surface area contributed by atoms with Gasteiger partial charge in [-0.05, 0) is 69.7 Å². The summed E-state index contributed by atoms with van der Waals surface area (Å²) in [5.74, 6) is -4.47. The summed E-state index contributed by atoms with van der Waals surface area (Å²) in [7, 11) is -4.49. The third-order valence-corrected chi connectivity index (χ3v) is 7.26. The number of hydrogen-bond donors (Lipinski definition) is 0. The van der Waals surface area contributed by atoms with Crippen LogP contribution in [0.5, 0.6) is 5.75 Å². The zero-order chi connectivity index (χ0) is 27.8. The fourth-order valence-electron chi connectivity index (χ4n) is 3.91. The average Bonchev–Trinajstić information content (AvgIpc) is 2.75. The maximum atomic E-state index is 13.9. The third kappa shape index (κ3) is 7.00. The Labute approximate surface area is 212 Å². The Morgan fingerprint density at radius 3 is 2.27 bits per heavy atom. The summed E-state index contributed by atoms with van der Waals surface area (Å²) in [6, 6.07) is 7.84. The fraction of sp³-hybridized carbons (Fsp3) is 0.440. The van der Waals surface area contributed by atoms with Crippen molar-refractivity contribution >= 4 is 27.5 Å². The number of alkyl halides is 3. The average molecular weight is 546 g/mol. The van der Waals surface area contributed by atoms with E-state index < -0.39 is 64.4 Å². The Kier molecular flexibility index (Phi) is 7.92. The topological polar surface area (TPSA) is 90.0 Å². The van der Waals surface area contributed by atoms with E-state index in [1.807, 2.05) is 0 Å². The number of carbonyl (C=O) groups is 2. The van der Waals surface area contributed by atoms with Gasteiger partial charge < -0.3 is 14.3 Å². The van der Waals surface area contributed by atoms with Gasteiger partial charge in [0.15, 0.2) is 0 Å². The first kappa shape index (κ1) is 28.4. The predicted molar refractivity (Wildman–Crippen MR) is 126 cm³/mol. The summed E-state index contributed by atoms with van der Waals surface area (Å²) in [6.07, 6.45) is -7.71. The van der Waals surface area contributed by atoms with Crippen LogP contribution in [-0.2, 0) is 30.8 Å². The number of ether oxygens (including phenoxy) is 2. The zero-order valence-corrected chi connectivity index (χ0v) is 21.5. The molecule has 0 unspecified atom stereocenters. The predicted octanol–water partition coefficient (Wildman–Crippen LogP) is 4.82. The normalized spacial score (nSPS) is 17.0. The van der Waals surface area contributed by atoms with E-state index in [0.29, 0.717) is 5.56 Å². The molecule has 3 rings (SSSR count). The van der Waals surface area contributed by atoms with Crippen LogP contribution >= 0.6 is 0 Å². The molecule has 0 saturated carbocycles. The number of ketones is 1. The van der Waals surface area contributed by atoms with Crippen LogP contribution < -0.4 is 9.04 Å². The number of hydrogen-bond acceptors (Lipinski definition) is 6. The second-order valence-electron chi connectivity index (χ2n) is 9.77. The molecule has 0 radical (unpaired) electrons. The number of nitrogens with zero attached hydrogens (tertiary/aromatic N) is 1. The number of fused-ring (bicyclic) bond motifs is 1. The minimum absolute atomic E-state index is 0.0922. The number of Topliss-reactive ketones (excluding diaryl/α,β-unsaturated/α-hetero) is 1. The summed E-state index contributed by atoms with van der Waals surface area (Å²) in [6.45, 7) is 5.29. The van der Waals surface area contributed by atoms with Crippen molar-refractivity contribution in [1.82, 2.24) is 0 Å². The fourth-order valence-corrected chi connectivity index (χ4v) is 5.39. The van der Waals surface area contributed by atoms with Gasteiger partial charge in [-0.2, -0.15) is 13.2 Å². The molecule has 1 heterocycles. The minimum Gasteiger partial charge on any atom is -0.486 e. The van der Waals surface area contributed by atoms with Crippen LogP contribution in [0, 0.1) is 11.7 Å². The molecular formula is C25H27F4NO6S. The van der Waals surface area contributed by atoms with Crippen LogP contribution in [0.3, 0.4) is 0 Å². The highest BCUT2D eigenvalue weighted by atomic mass is 32.2. The smallest absolute Gasteiger partial charge is 0.395 e. The number of carbonyl (C=O) groups excluding carboxylic acids is 2. The van der Waals surface area contributed by atoms with Gasteiger partial charge in [0.1, 0.15) is 35.0 Å². The van der Waals surface area contributed by atoms with Gasteiger partial charge in [-0.3, -0.25) is 9.10 Å². The highest BCUT2D eigenvalue weighted by molar-refractivity contribution is 7.92. The van der Waals surface area contributed by atoms with E-state index in [9.17, 15) is 35.6 Å². The molecule has 1 aliphatic rings. The molecule has 202 valence electrons. The molecule has 0 N–H and O–H groups in total. The first-order valence-corrected chi connectivity index (χ1v) is 12.8. The molecule has 12 heteroatoms. The van der Waals surface area contributed by atoms with E-state index in [0.717, 1.165) is 35.5 Å². The Morgan fingerprint density at radius 1 is 1.11 bits per heavy atom. The Morgan fingerprint density at radius 2 is 1.73 bits per heavy atom. The zero-order valence-electron chi connectivity index (χ0n) is 20.6. The maximum absolute atomic E-state index is 13.9. The molecule has 2 atom stereocenters. The lowest BCUT2D eigenvalue weighted by Crippen LogP contribution is -2.50. The second-order valence-corrected chi connectivity index (χ2v) is 11.6. The molecule has 0 aliphatic carbocycles. The highest BCUT2D eigenvalue weighted by Gasteiger charge is 2.50. The minimum atomic E-state index is -4.85. The number of halogens is 4. The third-order valence-electron chi connectivity index (χ3n) is 5.46. The number of benzene rings is 2. The first-order valence-electron chi connectivity index (χ1n) is 11.3. The Balaban J connectivity index is 2.08. The van der Waals surface area contributed by atoms with E-state index >= 15 is 0 Å². The summed E-state index contributed by atoms with van der Waals surface area (Å²) in [5.41, 5.74) is -0.515. The number of anilines is 1. The lowest BCUT2D eigenvalue weighted by atomic mass is 9.94. The standard InChI is InChI=1S/C25H27F4NO6S/c1-15(31)11-19(25(27,28)29)22-14-30(37(33,34)18-8-6-17(26)7-9-18)20-12-16(5-10-21(20)35-22)13-23(32)36-24(2,3)4/h5-10,12,19,22H,11,13-14H2,1-4H3/t19-,22+/m1/s1. The Bertz CT molecular complexity index is 1270. The van der Waals surface area contributed by atoms with Crippen molar-refractivity contribution in [3.63, 3.8) is 0 Å². The molecule has 0 aromatic heterocycles. The summed E-state index contributed by atoms with van der Waals surface area (Å²) in [4.78, 5) is 23.6. The van der Waals surface area contributed by atoms with E-state index in [1.165, 1.54) is 18.2 Å². The van der Waals surface area contributed by atoms with E-state index in [4.69, 9.17) is 9.47 Å². The van der Waals surface area contributed by atoms with Crippen LogP contribution in [0.1, 0.15) is 39.7 Å². The molecule has 1 aliphatic heterocycles. The van der Waals surface area contributed by atoms with Crippen LogP contribution in [0.25, 0.3) is 0 Å². The quantitative estimate of drug-likeness (QED) is 0.366. The summed E-state index contributed by atoms with van der Waals surface area (Å²) < 4.78 is 93.8. The van der Waals surface area contributed by atoms with Crippen molar-refractivity contribution in [1.29, 1.82) is 0 Å². The number of rotatable bonds is 7. The summed E-state index contributed by atoms with van der Waals surface area (Å²) in [5, 5.41) is 0. The van der Waals surface area contributed by atoms with E-state index in [-0.39, 0.29) is 22.8 Å². The van der Waals surface area contributed by atoms with Crippen molar-refractivity contribution in [2.75, 3.05) is 10.8 Å². The number of sulfonamides is 1. The summed E-state index contributed by atoms with van der Waals surface area (Å²) >= 11 is 0. The van der Waals surface area contributed by atoms with Gasteiger partial charge in [0.25, 0.3) is 10.0 Å². The van der Waals surface area contributed by atoms with Crippen molar-refractivity contribution in [3.8, 4) is 5.75 Å². The molecule has 37 heavy (non-hydrogen) atoms. The van der Waals surface area contributed by atoms with Gasteiger partial charge in [-0.1, -0.05) is 6.07 Å². The monoisotopic (exact) mass is 545 g/mol. The first-order chi connectivity index (χ1) is 17.0. The molecule has 0 fully saturated rings. The van der Waals surface area contributed by atoms with Gasteiger partial charge in [-0.25, -0.2) is 12.8 Å². The van der Waals surface area contributed by atoms with Gasteiger partial charge in [0.05, 0.1) is 23.5 Å². The lowest BCUT2D eigenvalue weighted by Gasteiger charge is -2.39. The van der Waals surface area contributed by atoms with Crippen LogP contribution in [0.15, 0.2) is 47.4 Å². The van der Waals surface area contributed by atoms with Crippen LogP contribution in [-0.4, -0.2) is 44.6 Å². The van der Waals surface area contributed by atoms with Gasteiger partial charge in [0.2, 0.25) is 0 Å². The lowest BCUT2D eigenvalue weighted by molar-refractivity contribution is -0.198. The van der Waals surface area contributed by atoms with Crippen molar-refractivity contribution < 1.29 is 45.0 Å². The van der Waals surface area contributed by atoms with E-state index in [1.54, 1.807) is 20.8 Å². The highest BCUT2D eigenvalue weighted by Crippen LogP contribution is 2.43. The molecule has 2 aromatic rings. The van der Waals surface area contributed by atoms with Crippen LogP contribution in [0.4, 0.5) is 23.2 Å². The van der Waals surface area contributed by atoms with Gasteiger partial charge >= 0.3 is 12.1 Å². The molecule has 7 nitrogen and oxygen atoms in total. The van der Waals surface area contributed by atoms with Gasteiger partial charge in [-0.15, -0.1) is 0 Å². The van der Waals surface area contributed by atoms with Crippen molar-refractivity contribution in [3.05, 3.63) is 53.8 Å². The molecule has 2 aromatic carbocycles. The maximum Gasteiger partial charge on any atom is 0.395 e. The van der Waals surface area contributed by atoms with Crippen molar-refractivity contribution in [2.45, 2.75) is 63.3 Å². The van der Waals surface area contributed by atoms with Crippen molar-refractivity contribution in [2.24, 2.45) is 5.92 Å². The Hall–Kier alpha value is -3.15. The molecule has 0 amide bonds. The molecule has 0 spiro atoms. The molecule has 0 bridgehead atoms. The van der Waals surface area contributed by atoms with Crippen LogP contribution in [0.2, 0.25) is 0 Å². The number of esters is 1. The van der Waals surface area contributed by atoms with E-state index in [2.05, 4.69) is 0 Å². The largest absolute Gasteiger partial charge is 0.486 e. The molecular weight excluding hydrogens is 518 g/mol. The SMILES string of the molecule is CC(=O)C[C@H]([C@@H]1CN(S(=O)(=O)c2ccc(F)cc2)c2cc(CC(=O)OC(C)(C)C)ccc2O1)C(F)(F)F. The van der Waals surface area contributed by atoms with Gasteiger partial charge in [0, 0.05) is 6.42 Å².